The number of hydrogen-bond donors (Lipinski definition) is 0. The average molecular weight is 154 g/mol. The van der Waals surface area contributed by atoms with Crippen LogP contribution < -0.4 is 0 Å². The topological polar surface area (TPSA) is 17.1 Å². The van der Waals surface area contributed by atoms with Crippen LogP contribution in [0, 0.1) is 11.6 Å². The number of benzene rings is 1. The molecule has 3 heteroatoms. The Kier molecular flexibility index (Phi) is 2.14. The molecule has 0 amide bonds. The minimum Gasteiger partial charge on any atom is -0.233 e. The highest BCUT2D eigenvalue weighted by atomic mass is 19.1. The second kappa shape index (κ2) is 3.08. The molecule has 0 atom stereocenters. The van der Waals surface area contributed by atoms with Crippen molar-refractivity contribution in [2.24, 2.45) is 0 Å². The molecule has 0 fully saturated rings. The molecule has 0 spiro atoms. The minimum atomic E-state index is -0.756. The Hall–Kier alpha value is -1.47. The molecule has 0 bridgehead atoms. The van der Waals surface area contributed by atoms with E-state index in [9.17, 15) is 13.6 Å². The van der Waals surface area contributed by atoms with Crippen molar-refractivity contribution in [2.45, 2.75) is 0 Å². The molecule has 0 unspecified atom stereocenters. The van der Waals surface area contributed by atoms with Gasteiger partial charge in [0.2, 0.25) is 0 Å². The second-order valence-corrected chi connectivity index (χ2v) is 1.93. The van der Waals surface area contributed by atoms with Crippen molar-refractivity contribution in [3.05, 3.63) is 35.4 Å². The van der Waals surface area contributed by atoms with Gasteiger partial charge >= 0.3 is 0 Å². The van der Waals surface area contributed by atoms with Gasteiger partial charge in [-0.25, -0.2) is 13.6 Å². The fourth-order valence-electron chi connectivity index (χ4n) is 0.682. The highest BCUT2D eigenvalue weighted by Gasteiger charge is 1.99. The summed E-state index contributed by atoms with van der Waals surface area (Å²) in [5, 5.41) is 0. The summed E-state index contributed by atoms with van der Waals surface area (Å²) >= 11 is 0. The van der Waals surface area contributed by atoms with Crippen LogP contribution in [0.15, 0.2) is 18.2 Å². The number of carbonyl (C=O) groups excluding carboxylic acids is 1. The van der Waals surface area contributed by atoms with E-state index in [-0.39, 0.29) is 5.56 Å². The lowest BCUT2D eigenvalue weighted by molar-refractivity contribution is 0.568. The second-order valence-electron chi connectivity index (χ2n) is 1.93. The highest BCUT2D eigenvalue weighted by molar-refractivity contribution is 5.74. The molecule has 0 radical (unpaired) electrons. The number of rotatable bonds is 1. The van der Waals surface area contributed by atoms with Gasteiger partial charge in [-0.15, -0.1) is 0 Å². The SMILES string of the molecule is O=C=Cc1ccc(F)cc1F. The van der Waals surface area contributed by atoms with E-state index in [2.05, 4.69) is 0 Å². The maximum atomic E-state index is 12.6. The third-order valence-corrected chi connectivity index (χ3v) is 1.18. The van der Waals surface area contributed by atoms with Crippen molar-refractivity contribution < 1.29 is 13.6 Å². The smallest absolute Gasteiger partial charge is 0.134 e. The lowest BCUT2D eigenvalue weighted by Gasteiger charge is -1.92. The summed E-state index contributed by atoms with van der Waals surface area (Å²) in [6.45, 7) is 0. The first kappa shape index (κ1) is 7.63. The largest absolute Gasteiger partial charge is 0.233 e. The molecule has 1 nitrogen and oxygen atoms in total. The Morgan fingerprint density at radius 2 is 2.09 bits per heavy atom. The zero-order valence-corrected chi connectivity index (χ0v) is 5.47. The van der Waals surface area contributed by atoms with Crippen molar-refractivity contribution in [1.29, 1.82) is 0 Å². The first-order valence-electron chi connectivity index (χ1n) is 2.90. The molecule has 0 aliphatic rings. The molecule has 0 aliphatic heterocycles. The summed E-state index contributed by atoms with van der Waals surface area (Å²) in [7, 11) is 0. The van der Waals surface area contributed by atoms with Gasteiger partial charge < -0.3 is 0 Å². The lowest BCUT2D eigenvalue weighted by Crippen LogP contribution is -1.83. The van der Waals surface area contributed by atoms with Gasteiger partial charge in [-0.2, -0.15) is 0 Å². The molecule has 0 saturated carbocycles. The van der Waals surface area contributed by atoms with E-state index in [1.165, 1.54) is 12.0 Å². The van der Waals surface area contributed by atoms with Gasteiger partial charge in [0, 0.05) is 17.7 Å². The number of hydrogen-bond acceptors (Lipinski definition) is 1. The zero-order valence-electron chi connectivity index (χ0n) is 5.47. The molecule has 1 aromatic carbocycles. The van der Waals surface area contributed by atoms with Crippen LogP contribution in [-0.2, 0) is 4.79 Å². The van der Waals surface area contributed by atoms with E-state index in [0.717, 1.165) is 12.1 Å². The highest BCUT2D eigenvalue weighted by Crippen LogP contribution is 2.09. The van der Waals surface area contributed by atoms with E-state index < -0.39 is 11.6 Å². The maximum absolute atomic E-state index is 12.6. The normalized spacial score (nSPS) is 8.91. The molecule has 0 N–H and O–H groups in total. The minimum absolute atomic E-state index is 0.0430. The Bertz CT molecular complexity index is 314. The lowest BCUT2D eigenvalue weighted by atomic mass is 10.2. The van der Waals surface area contributed by atoms with Gasteiger partial charge in [0.1, 0.15) is 17.6 Å². The maximum Gasteiger partial charge on any atom is 0.134 e. The van der Waals surface area contributed by atoms with Crippen molar-refractivity contribution in [3.8, 4) is 0 Å². The van der Waals surface area contributed by atoms with Crippen LogP contribution in [0.3, 0.4) is 0 Å². The van der Waals surface area contributed by atoms with Crippen molar-refractivity contribution >= 4 is 12.0 Å². The van der Waals surface area contributed by atoms with Crippen LogP contribution in [-0.4, -0.2) is 5.94 Å². The number of halogens is 2. The Labute approximate surface area is 62.0 Å². The van der Waals surface area contributed by atoms with Crippen molar-refractivity contribution in [1.82, 2.24) is 0 Å². The van der Waals surface area contributed by atoms with Crippen LogP contribution in [0.1, 0.15) is 5.56 Å². The standard InChI is InChI=1S/C8H4F2O/c9-7-2-1-6(3-4-11)8(10)5-7/h1-3,5H. The molecule has 11 heavy (non-hydrogen) atoms. The van der Waals surface area contributed by atoms with Gasteiger partial charge in [0.15, 0.2) is 0 Å². The van der Waals surface area contributed by atoms with Crippen molar-refractivity contribution in [3.63, 3.8) is 0 Å². The van der Waals surface area contributed by atoms with Gasteiger partial charge in [0.05, 0.1) is 0 Å². The molecule has 1 aromatic rings. The van der Waals surface area contributed by atoms with E-state index in [4.69, 9.17) is 0 Å². The fourth-order valence-corrected chi connectivity index (χ4v) is 0.682. The summed E-state index contributed by atoms with van der Waals surface area (Å²) in [6, 6.07) is 2.96. The quantitative estimate of drug-likeness (QED) is 0.564. The van der Waals surface area contributed by atoms with E-state index >= 15 is 0 Å². The summed E-state index contributed by atoms with van der Waals surface area (Å²) in [4.78, 5) is 9.77. The molecule has 1 rings (SSSR count). The fraction of sp³-hybridized carbons (Fsp3) is 0. The van der Waals surface area contributed by atoms with E-state index in [1.807, 2.05) is 0 Å². The molecular formula is C8H4F2O. The van der Waals surface area contributed by atoms with Crippen molar-refractivity contribution in [2.75, 3.05) is 0 Å². The van der Waals surface area contributed by atoms with Gasteiger partial charge in [-0.05, 0) is 12.1 Å². The monoisotopic (exact) mass is 154 g/mol. The van der Waals surface area contributed by atoms with Crippen LogP contribution in [0.2, 0.25) is 0 Å². The Morgan fingerprint density at radius 3 is 2.64 bits per heavy atom. The Morgan fingerprint density at radius 1 is 1.36 bits per heavy atom. The van der Waals surface area contributed by atoms with Crippen LogP contribution in [0.25, 0.3) is 6.08 Å². The van der Waals surface area contributed by atoms with Gasteiger partial charge in [-0.3, -0.25) is 0 Å². The molecule has 56 valence electrons. The van der Waals surface area contributed by atoms with Crippen LogP contribution in [0.5, 0.6) is 0 Å². The zero-order chi connectivity index (χ0) is 8.27. The summed E-state index contributed by atoms with van der Waals surface area (Å²) in [5.41, 5.74) is 0.0430. The molecule has 0 saturated heterocycles. The predicted octanol–water partition coefficient (Wildman–Crippen LogP) is 1.81. The average Bonchev–Trinajstić information content (AvgIpc) is 1.95. The van der Waals surface area contributed by atoms with E-state index in [0.29, 0.717) is 6.07 Å². The molecular weight excluding hydrogens is 150 g/mol. The third-order valence-electron chi connectivity index (χ3n) is 1.18. The summed E-state index contributed by atoms with van der Waals surface area (Å²) in [5.74, 6) is -0.0109. The van der Waals surface area contributed by atoms with Gasteiger partial charge in [-0.1, -0.05) is 0 Å². The summed E-state index contributed by atoms with van der Waals surface area (Å²) < 4.78 is 24.8. The first-order valence-corrected chi connectivity index (χ1v) is 2.90. The predicted molar refractivity (Wildman–Crippen MR) is 36.5 cm³/mol. The van der Waals surface area contributed by atoms with Crippen LogP contribution in [0.4, 0.5) is 8.78 Å². The first-order chi connectivity index (χ1) is 5.24. The Balaban J connectivity index is 3.19. The summed E-state index contributed by atoms with van der Waals surface area (Å²) in [6.07, 6.45) is 0.911. The molecule has 0 heterocycles. The van der Waals surface area contributed by atoms with E-state index in [1.54, 1.807) is 0 Å². The van der Waals surface area contributed by atoms with Crippen LogP contribution >= 0.6 is 0 Å². The molecule has 0 aromatic heterocycles. The molecule has 0 aliphatic carbocycles. The van der Waals surface area contributed by atoms with Gasteiger partial charge in [0.25, 0.3) is 0 Å². The third kappa shape index (κ3) is 1.72.